The van der Waals surface area contributed by atoms with Crippen LogP contribution in [-0.2, 0) is 0 Å². The van der Waals surface area contributed by atoms with Crippen LogP contribution in [-0.4, -0.2) is 29.8 Å². The highest BCUT2D eigenvalue weighted by Gasteiger charge is 2.14. The van der Waals surface area contributed by atoms with E-state index in [0.29, 0.717) is 19.0 Å². The van der Waals surface area contributed by atoms with Crippen molar-refractivity contribution < 1.29 is 4.79 Å². The van der Waals surface area contributed by atoms with Crippen LogP contribution in [0.3, 0.4) is 0 Å². The van der Waals surface area contributed by atoms with Crippen molar-refractivity contribution >= 4 is 17.5 Å². The van der Waals surface area contributed by atoms with Gasteiger partial charge in [-0.25, -0.2) is 0 Å². The second-order valence-electron chi connectivity index (χ2n) is 3.39. The van der Waals surface area contributed by atoms with Crippen LogP contribution in [0.4, 0.5) is 0 Å². The molecule has 0 aliphatic carbocycles. The number of aryl methyl sites for hydroxylation is 1. The fraction of sp³-hybridized carbons (Fsp3) is 0.417. The van der Waals surface area contributed by atoms with Gasteiger partial charge in [-0.15, -0.1) is 11.6 Å². The number of benzene rings is 1. The Hall–Kier alpha value is -1.02. The first-order valence-corrected chi connectivity index (χ1v) is 5.65. The average Bonchev–Trinajstić information content (AvgIpc) is 2.25. The summed E-state index contributed by atoms with van der Waals surface area (Å²) in [6, 6.07) is 7.62. The van der Waals surface area contributed by atoms with E-state index < -0.39 is 0 Å². The molecule has 1 amide bonds. The molecule has 0 spiro atoms. The first-order valence-electron chi connectivity index (χ1n) is 5.11. The maximum absolute atomic E-state index is 12.1. The summed E-state index contributed by atoms with van der Waals surface area (Å²) in [4.78, 5) is 13.8. The van der Waals surface area contributed by atoms with Crippen LogP contribution in [0.25, 0.3) is 0 Å². The van der Waals surface area contributed by atoms with Crippen LogP contribution in [0.1, 0.15) is 22.8 Å². The molecule has 1 aromatic carbocycles. The fourth-order valence-corrected chi connectivity index (χ4v) is 1.69. The Balaban J connectivity index is 2.88. The van der Waals surface area contributed by atoms with Crippen molar-refractivity contribution in [2.24, 2.45) is 0 Å². The minimum atomic E-state index is 0.0660. The zero-order chi connectivity index (χ0) is 11.3. The van der Waals surface area contributed by atoms with E-state index in [0.717, 1.165) is 11.1 Å². The Labute approximate surface area is 95.8 Å². The van der Waals surface area contributed by atoms with Crippen LogP contribution < -0.4 is 0 Å². The number of hydrogen-bond acceptors (Lipinski definition) is 1. The number of carbonyl (C=O) groups is 1. The lowest BCUT2D eigenvalue weighted by molar-refractivity contribution is 0.0773. The zero-order valence-corrected chi connectivity index (χ0v) is 9.92. The average molecular weight is 226 g/mol. The Morgan fingerprint density at radius 2 is 2.07 bits per heavy atom. The summed E-state index contributed by atoms with van der Waals surface area (Å²) in [6.45, 7) is 5.20. The van der Waals surface area contributed by atoms with Gasteiger partial charge >= 0.3 is 0 Å². The number of alkyl halides is 1. The van der Waals surface area contributed by atoms with Crippen LogP contribution in [0.15, 0.2) is 24.3 Å². The lowest BCUT2D eigenvalue weighted by Gasteiger charge is -2.20. The molecule has 0 saturated carbocycles. The monoisotopic (exact) mass is 225 g/mol. The van der Waals surface area contributed by atoms with Gasteiger partial charge in [-0.3, -0.25) is 4.79 Å². The predicted octanol–water partition coefficient (Wildman–Crippen LogP) is 2.70. The molecular formula is C12H16ClNO. The largest absolute Gasteiger partial charge is 0.338 e. The van der Waals surface area contributed by atoms with E-state index in [4.69, 9.17) is 11.6 Å². The lowest BCUT2D eigenvalue weighted by atomic mass is 10.1. The van der Waals surface area contributed by atoms with Crippen LogP contribution >= 0.6 is 11.6 Å². The van der Waals surface area contributed by atoms with Gasteiger partial charge in [0.15, 0.2) is 0 Å². The molecule has 82 valence electrons. The van der Waals surface area contributed by atoms with E-state index in [1.54, 1.807) is 4.90 Å². The van der Waals surface area contributed by atoms with Gasteiger partial charge in [0, 0.05) is 24.5 Å². The second-order valence-corrected chi connectivity index (χ2v) is 3.77. The summed E-state index contributed by atoms with van der Waals surface area (Å²) >= 11 is 5.65. The quantitative estimate of drug-likeness (QED) is 0.722. The highest BCUT2D eigenvalue weighted by molar-refractivity contribution is 6.18. The number of rotatable bonds is 4. The third kappa shape index (κ3) is 2.96. The molecule has 1 rings (SSSR count). The Morgan fingerprint density at radius 3 is 2.60 bits per heavy atom. The Morgan fingerprint density at radius 1 is 1.40 bits per heavy atom. The predicted molar refractivity (Wildman–Crippen MR) is 63.5 cm³/mol. The molecular weight excluding hydrogens is 210 g/mol. The van der Waals surface area contributed by atoms with Gasteiger partial charge in [0.05, 0.1) is 0 Å². The number of carbonyl (C=O) groups excluding carboxylic acids is 1. The van der Waals surface area contributed by atoms with Crippen LogP contribution in [0, 0.1) is 6.92 Å². The van der Waals surface area contributed by atoms with Gasteiger partial charge in [-0.05, 0) is 25.5 Å². The molecule has 1 aromatic rings. The van der Waals surface area contributed by atoms with E-state index in [2.05, 4.69) is 0 Å². The van der Waals surface area contributed by atoms with E-state index in [1.807, 2.05) is 38.1 Å². The third-order valence-electron chi connectivity index (χ3n) is 2.40. The number of amides is 1. The smallest absolute Gasteiger partial charge is 0.254 e. The summed E-state index contributed by atoms with van der Waals surface area (Å²) in [6.07, 6.45) is 0. The molecule has 0 unspecified atom stereocenters. The molecule has 2 nitrogen and oxygen atoms in total. The maximum atomic E-state index is 12.1. The molecule has 0 aliphatic heterocycles. The van der Waals surface area contributed by atoms with Gasteiger partial charge in [-0.2, -0.15) is 0 Å². The SMILES string of the molecule is CCN(CCCl)C(=O)c1ccccc1C. The van der Waals surface area contributed by atoms with Crippen molar-refractivity contribution in [3.8, 4) is 0 Å². The fourth-order valence-electron chi connectivity index (χ4n) is 1.49. The third-order valence-corrected chi connectivity index (χ3v) is 2.57. The summed E-state index contributed by atoms with van der Waals surface area (Å²) in [7, 11) is 0. The summed E-state index contributed by atoms with van der Waals surface area (Å²) in [5, 5.41) is 0. The number of nitrogens with zero attached hydrogens (tertiary/aromatic N) is 1. The van der Waals surface area contributed by atoms with Crippen molar-refractivity contribution in [2.45, 2.75) is 13.8 Å². The molecule has 0 radical (unpaired) electrons. The highest BCUT2D eigenvalue weighted by atomic mass is 35.5. The molecule has 0 aliphatic rings. The van der Waals surface area contributed by atoms with Crippen LogP contribution in [0.5, 0.6) is 0 Å². The highest BCUT2D eigenvalue weighted by Crippen LogP contribution is 2.10. The minimum Gasteiger partial charge on any atom is -0.338 e. The summed E-state index contributed by atoms with van der Waals surface area (Å²) in [5.74, 6) is 0.544. The normalized spacial score (nSPS) is 10.1. The number of hydrogen-bond donors (Lipinski definition) is 0. The molecule has 0 bridgehead atoms. The number of halogens is 1. The van der Waals surface area contributed by atoms with E-state index in [9.17, 15) is 4.79 Å². The first kappa shape index (κ1) is 12.1. The first-order chi connectivity index (χ1) is 7.20. The van der Waals surface area contributed by atoms with Crippen molar-refractivity contribution in [1.82, 2.24) is 4.90 Å². The molecule has 0 heterocycles. The molecule has 0 N–H and O–H groups in total. The molecule has 0 aromatic heterocycles. The topological polar surface area (TPSA) is 20.3 Å². The van der Waals surface area contributed by atoms with Gasteiger partial charge < -0.3 is 4.90 Å². The van der Waals surface area contributed by atoms with Gasteiger partial charge in [0.2, 0.25) is 0 Å². The van der Waals surface area contributed by atoms with Crippen molar-refractivity contribution in [3.63, 3.8) is 0 Å². The Bertz CT molecular complexity index is 338. The van der Waals surface area contributed by atoms with E-state index in [-0.39, 0.29) is 5.91 Å². The van der Waals surface area contributed by atoms with Gasteiger partial charge in [0.1, 0.15) is 0 Å². The lowest BCUT2D eigenvalue weighted by Crippen LogP contribution is -2.32. The molecule has 0 atom stereocenters. The summed E-state index contributed by atoms with van der Waals surface area (Å²) in [5.41, 5.74) is 1.78. The second kappa shape index (κ2) is 5.76. The Kier molecular flexibility index (Phi) is 4.63. The van der Waals surface area contributed by atoms with Crippen molar-refractivity contribution in [1.29, 1.82) is 0 Å². The van der Waals surface area contributed by atoms with Crippen molar-refractivity contribution in [3.05, 3.63) is 35.4 Å². The van der Waals surface area contributed by atoms with E-state index >= 15 is 0 Å². The van der Waals surface area contributed by atoms with Gasteiger partial charge in [-0.1, -0.05) is 18.2 Å². The van der Waals surface area contributed by atoms with Gasteiger partial charge in [0.25, 0.3) is 5.91 Å². The van der Waals surface area contributed by atoms with Crippen LogP contribution in [0.2, 0.25) is 0 Å². The zero-order valence-electron chi connectivity index (χ0n) is 9.16. The molecule has 3 heteroatoms. The van der Waals surface area contributed by atoms with Crippen molar-refractivity contribution in [2.75, 3.05) is 19.0 Å². The standard InChI is InChI=1S/C12H16ClNO/c1-3-14(9-8-13)12(15)11-7-5-4-6-10(11)2/h4-7H,3,8-9H2,1-2H3. The summed E-state index contributed by atoms with van der Waals surface area (Å²) < 4.78 is 0. The molecule has 0 fully saturated rings. The van der Waals surface area contributed by atoms with E-state index in [1.165, 1.54) is 0 Å². The molecule has 15 heavy (non-hydrogen) atoms. The molecule has 0 saturated heterocycles. The maximum Gasteiger partial charge on any atom is 0.254 e. The minimum absolute atomic E-state index is 0.0660.